The molecule has 154 valence electrons. The average Bonchev–Trinajstić information content (AvgIpc) is 3.02. The highest BCUT2D eigenvalue weighted by molar-refractivity contribution is 5.89. The Labute approximate surface area is 167 Å². The van der Waals surface area contributed by atoms with Gasteiger partial charge in [0.15, 0.2) is 0 Å². The molecule has 3 rings (SSSR count). The Hall–Kier alpha value is -2.15. The maximum Gasteiger partial charge on any atom is 0.227 e. The van der Waals surface area contributed by atoms with Crippen LogP contribution in [0.25, 0.3) is 0 Å². The van der Waals surface area contributed by atoms with E-state index in [4.69, 9.17) is 4.74 Å². The number of amides is 2. The molecule has 0 radical (unpaired) electrons. The Morgan fingerprint density at radius 1 is 1.32 bits per heavy atom. The van der Waals surface area contributed by atoms with E-state index in [2.05, 4.69) is 16.8 Å². The number of likely N-dealkylation sites (tertiary alicyclic amines) is 2. The van der Waals surface area contributed by atoms with E-state index in [1.165, 1.54) is 0 Å². The number of hydrogen-bond acceptors (Lipinski definition) is 5. The highest BCUT2D eigenvalue weighted by Gasteiger charge is 2.36. The van der Waals surface area contributed by atoms with Crippen molar-refractivity contribution in [3.63, 3.8) is 0 Å². The summed E-state index contributed by atoms with van der Waals surface area (Å²) in [4.78, 5) is 35.0. The van der Waals surface area contributed by atoms with Gasteiger partial charge < -0.3 is 14.5 Å². The van der Waals surface area contributed by atoms with Gasteiger partial charge >= 0.3 is 0 Å². The first-order valence-corrected chi connectivity index (χ1v) is 10.0. The van der Waals surface area contributed by atoms with Crippen molar-refractivity contribution >= 4 is 11.8 Å². The number of rotatable bonds is 5. The van der Waals surface area contributed by atoms with Crippen LogP contribution in [0.15, 0.2) is 6.20 Å². The van der Waals surface area contributed by atoms with Gasteiger partial charge in [-0.15, -0.1) is 0 Å². The van der Waals surface area contributed by atoms with E-state index in [9.17, 15) is 9.59 Å². The van der Waals surface area contributed by atoms with Gasteiger partial charge in [-0.1, -0.05) is 0 Å². The summed E-state index contributed by atoms with van der Waals surface area (Å²) in [7, 11) is 5.36. The molecule has 2 saturated heterocycles. The van der Waals surface area contributed by atoms with Crippen LogP contribution in [0.5, 0.6) is 5.75 Å². The van der Waals surface area contributed by atoms with Crippen molar-refractivity contribution in [1.29, 1.82) is 0 Å². The Morgan fingerprint density at radius 3 is 2.57 bits per heavy atom. The molecule has 1 aromatic rings. The lowest BCUT2D eigenvalue weighted by Crippen LogP contribution is -2.47. The summed E-state index contributed by atoms with van der Waals surface area (Å²) in [6.07, 6.45) is 4.11. The number of piperidine rings is 1. The average molecular weight is 389 g/mol. The number of aromatic nitrogens is 1. The highest BCUT2D eigenvalue weighted by atomic mass is 16.5. The van der Waals surface area contributed by atoms with Crippen molar-refractivity contribution in [3.8, 4) is 5.75 Å². The number of carbonyl (C=O) groups excluding carboxylic acids is 2. The number of methoxy groups -OCH3 is 1. The molecule has 0 saturated carbocycles. The first-order chi connectivity index (χ1) is 13.3. The number of hydrogen-bond donors (Lipinski definition) is 0. The van der Waals surface area contributed by atoms with Crippen LogP contribution in [-0.4, -0.2) is 78.4 Å². The molecule has 7 heteroatoms. The molecular formula is C21H32N4O3. The number of aryl methyl sites for hydroxylation is 1. The van der Waals surface area contributed by atoms with Crippen LogP contribution in [-0.2, 0) is 16.1 Å². The third-order valence-electron chi connectivity index (χ3n) is 6.27. The van der Waals surface area contributed by atoms with E-state index in [1.54, 1.807) is 19.1 Å². The second-order valence-electron chi connectivity index (χ2n) is 8.18. The van der Waals surface area contributed by atoms with Crippen molar-refractivity contribution < 1.29 is 14.3 Å². The Kier molecular flexibility index (Phi) is 6.23. The van der Waals surface area contributed by atoms with E-state index in [-0.39, 0.29) is 23.8 Å². The topological polar surface area (TPSA) is 66.0 Å². The molecule has 0 aromatic carbocycles. The molecule has 0 unspecified atom stereocenters. The van der Waals surface area contributed by atoms with Crippen molar-refractivity contribution in [2.75, 3.05) is 40.8 Å². The number of nitrogens with zero attached hydrogens (tertiary/aromatic N) is 4. The van der Waals surface area contributed by atoms with Gasteiger partial charge in [-0.3, -0.25) is 19.5 Å². The van der Waals surface area contributed by atoms with Crippen LogP contribution < -0.4 is 4.74 Å². The lowest BCUT2D eigenvalue weighted by atomic mass is 10.00. The number of ether oxygens (including phenoxy) is 1. The van der Waals surface area contributed by atoms with Crippen LogP contribution >= 0.6 is 0 Å². The summed E-state index contributed by atoms with van der Waals surface area (Å²) in [5.41, 5.74) is 3.21. The lowest BCUT2D eigenvalue weighted by Gasteiger charge is -2.37. The van der Waals surface area contributed by atoms with Gasteiger partial charge in [-0.05, 0) is 26.7 Å². The largest absolute Gasteiger partial charge is 0.496 e. The second kappa shape index (κ2) is 8.47. The molecule has 2 aliphatic heterocycles. The van der Waals surface area contributed by atoms with Crippen molar-refractivity contribution in [2.24, 2.45) is 5.92 Å². The summed E-state index contributed by atoms with van der Waals surface area (Å²) in [6.45, 7) is 7.28. The monoisotopic (exact) mass is 388 g/mol. The lowest BCUT2D eigenvalue weighted by molar-refractivity contribution is -0.137. The van der Waals surface area contributed by atoms with Crippen LogP contribution in [0.3, 0.4) is 0 Å². The summed E-state index contributed by atoms with van der Waals surface area (Å²) >= 11 is 0. The Balaban J connectivity index is 1.55. The molecule has 2 aliphatic rings. The van der Waals surface area contributed by atoms with E-state index in [0.717, 1.165) is 55.0 Å². The minimum absolute atomic E-state index is 0.0676. The molecule has 0 spiro atoms. The maximum atomic E-state index is 12.8. The SMILES string of the molecule is COc1c(C)cnc(CN2CCC(N(C)C(=O)[C@H]3CC(=O)N(C)C3)CC2)c1C. The van der Waals surface area contributed by atoms with Gasteiger partial charge in [0.05, 0.1) is 18.7 Å². The van der Waals surface area contributed by atoms with Crippen molar-refractivity contribution in [3.05, 3.63) is 23.0 Å². The molecule has 1 aromatic heterocycles. The summed E-state index contributed by atoms with van der Waals surface area (Å²) in [6, 6.07) is 0.242. The van der Waals surface area contributed by atoms with E-state index >= 15 is 0 Å². The molecule has 28 heavy (non-hydrogen) atoms. The van der Waals surface area contributed by atoms with Gasteiger partial charge in [0, 0.05) is 70.1 Å². The molecule has 0 bridgehead atoms. The molecule has 2 fully saturated rings. The predicted molar refractivity (Wildman–Crippen MR) is 107 cm³/mol. The molecule has 2 amide bonds. The number of pyridine rings is 1. The van der Waals surface area contributed by atoms with Crippen LogP contribution in [0, 0.1) is 19.8 Å². The third kappa shape index (κ3) is 4.14. The fourth-order valence-corrected chi connectivity index (χ4v) is 4.40. The van der Waals surface area contributed by atoms with Crippen LogP contribution in [0.2, 0.25) is 0 Å². The minimum atomic E-state index is -0.188. The van der Waals surface area contributed by atoms with Crippen molar-refractivity contribution in [2.45, 2.75) is 45.7 Å². The van der Waals surface area contributed by atoms with E-state index in [0.29, 0.717) is 13.0 Å². The fourth-order valence-electron chi connectivity index (χ4n) is 4.40. The molecule has 7 nitrogen and oxygen atoms in total. The van der Waals surface area contributed by atoms with E-state index < -0.39 is 0 Å². The second-order valence-corrected chi connectivity index (χ2v) is 8.18. The predicted octanol–water partition coefficient (Wildman–Crippen LogP) is 1.61. The normalized spacial score (nSPS) is 21.2. The zero-order chi connectivity index (χ0) is 20.4. The Morgan fingerprint density at radius 2 is 2.00 bits per heavy atom. The first-order valence-electron chi connectivity index (χ1n) is 10.0. The molecule has 3 heterocycles. The zero-order valence-corrected chi connectivity index (χ0v) is 17.7. The quantitative estimate of drug-likeness (QED) is 0.767. The third-order valence-corrected chi connectivity index (χ3v) is 6.27. The smallest absolute Gasteiger partial charge is 0.227 e. The Bertz CT molecular complexity index is 743. The van der Waals surface area contributed by atoms with E-state index in [1.807, 2.05) is 25.1 Å². The van der Waals surface area contributed by atoms with Crippen LogP contribution in [0.1, 0.15) is 36.1 Å². The first kappa shape index (κ1) is 20.6. The summed E-state index contributed by atoms with van der Waals surface area (Å²) in [5, 5.41) is 0. The van der Waals surface area contributed by atoms with Gasteiger partial charge in [0.25, 0.3) is 0 Å². The van der Waals surface area contributed by atoms with Crippen molar-refractivity contribution in [1.82, 2.24) is 19.7 Å². The maximum absolute atomic E-state index is 12.8. The van der Waals surface area contributed by atoms with Gasteiger partial charge in [-0.2, -0.15) is 0 Å². The van der Waals surface area contributed by atoms with Gasteiger partial charge in [0.1, 0.15) is 5.75 Å². The molecule has 1 atom stereocenters. The highest BCUT2D eigenvalue weighted by Crippen LogP contribution is 2.27. The van der Waals surface area contributed by atoms with Gasteiger partial charge in [0.2, 0.25) is 11.8 Å². The molecular weight excluding hydrogens is 356 g/mol. The number of carbonyl (C=O) groups is 2. The standard InChI is InChI=1S/C21H32N4O3/c1-14-11-22-18(15(2)20(14)28-5)13-25-8-6-17(7-9-25)24(4)21(27)16-10-19(26)23(3)12-16/h11,16-17H,6-10,12-13H2,1-5H3/t16-/m0/s1. The summed E-state index contributed by atoms with van der Waals surface area (Å²) in [5.74, 6) is 0.906. The molecule has 0 aliphatic carbocycles. The fraction of sp³-hybridized carbons (Fsp3) is 0.667. The molecule has 0 N–H and O–H groups in total. The minimum Gasteiger partial charge on any atom is -0.496 e. The van der Waals surface area contributed by atoms with Gasteiger partial charge in [-0.25, -0.2) is 0 Å². The van der Waals surface area contributed by atoms with Crippen LogP contribution in [0.4, 0.5) is 0 Å². The zero-order valence-electron chi connectivity index (χ0n) is 17.7. The summed E-state index contributed by atoms with van der Waals surface area (Å²) < 4.78 is 5.51.